The second kappa shape index (κ2) is 9.60. The molecular formula is C12H26N2O2. The van der Waals surface area contributed by atoms with Gasteiger partial charge < -0.3 is 15.4 Å². The summed E-state index contributed by atoms with van der Waals surface area (Å²) < 4.78 is 5.03. The van der Waals surface area contributed by atoms with Crippen molar-refractivity contribution in [2.45, 2.75) is 27.2 Å². The van der Waals surface area contributed by atoms with E-state index in [1.165, 1.54) is 0 Å². The van der Waals surface area contributed by atoms with Gasteiger partial charge in [-0.2, -0.15) is 0 Å². The summed E-state index contributed by atoms with van der Waals surface area (Å²) in [5, 5.41) is 6.14. The highest BCUT2D eigenvalue weighted by molar-refractivity contribution is 5.76. The van der Waals surface area contributed by atoms with Gasteiger partial charge in [-0.25, -0.2) is 0 Å². The predicted octanol–water partition coefficient (Wildman–Crippen LogP) is 1.02. The molecular weight excluding hydrogens is 204 g/mol. The molecule has 0 spiro atoms. The van der Waals surface area contributed by atoms with Gasteiger partial charge in [0.05, 0.1) is 0 Å². The van der Waals surface area contributed by atoms with Crippen LogP contribution < -0.4 is 10.6 Å². The van der Waals surface area contributed by atoms with E-state index in [2.05, 4.69) is 31.4 Å². The smallest absolute Gasteiger partial charge is 0.221 e. The molecule has 4 nitrogen and oxygen atoms in total. The second-order valence-corrected chi connectivity index (χ2v) is 4.71. The van der Waals surface area contributed by atoms with E-state index in [-0.39, 0.29) is 5.91 Å². The van der Waals surface area contributed by atoms with Crippen LogP contribution in [0.4, 0.5) is 0 Å². The van der Waals surface area contributed by atoms with Gasteiger partial charge in [-0.1, -0.05) is 20.8 Å². The average molecular weight is 230 g/mol. The van der Waals surface area contributed by atoms with Gasteiger partial charge in [0.1, 0.15) is 0 Å². The third-order valence-electron chi connectivity index (χ3n) is 2.18. The van der Waals surface area contributed by atoms with Crippen LogP contribution in [0.3, 0.4) is 0 Å². The minimum absolute atomic E-state index is 0.126. The second-order valence-electron chi connectivity index (χ2n) is 4.71. The lowest BCUT2D eigenvalue weighted by molar-refractivity contribution is -0.121. The normalized spacial score (nSPS) is 12.8. The predicted molar refractivity (Wildman–Crippen MR) is 66.4 cm³/mol. The van der Waals surface area contributed by atoms with Gasteiger partial charge in [0.2, 0.25) is 5.91 Å². The van der Waals surface area contributed by atoms with Crippen LogP contribution in [0, 0.1) is 11.8 Å². The number of methoxy groups -OCH3 is 1. The molecule has 0 aromatic rings. The Morgan fingerprint density at radius 1 is 1.25 bits per heavy atom. The lowest BCUT2D eigenvalue weighted by atomic mass is 10.2. The number of hydrogen-bond acceptors (Lipinski definition) is 3. The topological polar surface area (TPSA) is 50.4 Å². The molecule has 0 fully saturated rings. The zero-order chi connectivity index (χ0) is 12.4. The summed E-state index contributed by atoms with van der Waals surface area (Å²) in [6.45, 7) is 9.44. The zero-order valence-corrected chi connectivity index (χ0v) is 11.0. The Morgan fingerprint density at radius 2 is 1.94 bits per heavy atom. The fourth-order valence-electron chi connectivity index (χ4n) is 1.30. The molecule has 0 saturated carbocycles. The Bertz CT molecular complexity index is 184. The maximum atomic E-state index is 11.3. The lowest BCUT2D eigenvalue weighted by Crippen LogP contribution is -2.32. The SMILES string of the molecule is COCC(C)CNCCC(=O)NCC(C)C. The maximum absolute atomic E-state index is 11.3. The first-order valence-electron chi connectivity index (χ1n) is 6.02. The van der Waals surface area contributed by atoms with Gasteiger partial charge in [0.25, 0.3) is 0 Å². The monoisotopic (exact) mass is 230 g/mol. The molecule has 96 valence electrons. The standard InChI is InChI=1S/C12H26N2O2/c1-10(2)7-14-12(15)5-6-13-8-11(3)9-16-4/h10-11,13H,5-9H2,1-4H3,(H,14,15). The molecule has 0 heterocycles. The zero-order valence-electron chi connectivity index (χ0n) is 11.0. The third kappa shape index (κ3) is 9.93. The minimum atomic E-state index is 0.126. The number of carbonyl (C=O) groups is 1. The molecule has 0 aromatic carbocycles. The van der Waals surface area contributed by atoms with Crippen molar-refractivity contribution in [1.29, 1.82) is 0 Å². The summed E-state index contributed by atoms with van der Waals surface area (Å²) in [7, 11) is 1.70. The van der Waals surface area contributed by atoms with Gasteiger partial charge in [-0.05, 0) is 18.4 Å². The molecule has 2 N–H and O–H groups in total. The Hall–Kier alpha value is -0.610. The molecule has 0 bridgehead atoms. The van der Waals surface area contributed by atoms with Gasteiger partial charge in [0, 0.05) is 33.2 Å². The van der Waals surface area contributed by atoms with Crippen molar-refractivity contribution in [2.24, 2.45) is 11.8 Å². The van der Waals surface area contributed by atoms with Crippen LogP contribution in [-0.2, 0) is 9.53 Å². The van der Waals surface area contributed by atoms with E-state index in [1.54, 1.807) is 7.11 Å². The van der Waals surface area contributed by atoms with Crippen molar-refractivity contribution in [3.05, 3.63) is 0 Å². The van der Waals surface area contributed by atoms with Gasteiger partial charge in [-0.15, -0.1) is 0 Å². The molecule has 1 unspecified atom stereocenters. The lowest BCUT2D eigenvalue weighted by Gasteiger charge is -2.11. The number of carbonyl (C=O) groups excluding carboxylic acids is 1. The summed E-state index contributed by atoms with van der Waals surface area (Å²) in [5.74, 6) is 1.13. The van der Waals surface area contributed by atoms with E-state index in [0.717, 1.165) is 26.2 Å². The molecule has 1 amide bonds. The maximum Gasteiger partial charge on any atom is 0.221 e. The molecule has 0 saturated heterocycles. The molecule has 0 aliphatic heterocycles. The Labute approximate surface area is 99.1 Å². The summed E-state index contributed by atoms with van der Waals surface area (Å²) in [5.41, 5.74) is 0. The van der Waals surface area contributed by atoms with Crippen LogP contribution in [0.15, 0.2) is 0 Å². The van der Waals surface area contributed by atoms with E-state index >= 15 is 0 Å². The Morgan fingerprint density at radius 3 is 2.50 bits per heavy atom. The molecule has 0 aliphatic rings. The summed E-state index contributed by atoms with van der Waals surface area (Å²) in [6.07, 6.45) is 0.548. The minimum Gasteiger partial charge on any atom is -0.384 e. The van der Waals surface area contributed by atoms with Crippen molar-refractivity contribution in [3.8, 4) is 0 Å². The Kier molecular flexibility index (Phi) is 9.24. The molecule has 16 heavy (non-hydrogen) atoms. The number of nitrogens with one attached hydrogen (secondary N) is 2. The van der Waals surface area contributed by atoms with Crippen LogP contribution >= 0.6 is 0 Å². The molecule has 0 aliphatic carbocycles. The van der Waals surface area contributed by atoms with Crippen LogP contribution in [0.1, 0.15) is 27.2 Å². The summed E-state index contributed by atoms with van der Waals surface area (Å²) >= 11 is 0. The number of hydrogen-bond donors (Lipinski definition) is 2. The highest BCUT2D eigenvalue weighted by Crippen LogP contribution is 1.92. The fourth-order valence-corrected chi connectivity index (χ4v) is 1.30. The number of amides is 1. The van der Waals surface area contributed by atoms with E-state index < -0.39 is 0 Å². The largest absolute Gasteiger partial charge is 0.384 e. The van der Waals surface area contributed by atoms with Crippen LogP contribution in [0.25, 0.3) is 0 Å². The van der Waals surface area contributed by atoms with Gasteiger partial charge in [-0.3, -0.25) is 4.79 Å². The Balaban J connectivity index is 3.34. The summed E-state index contributed by atoms with van der Waals surface area (Å²) in [4.78, 5) is 11.3. The van der Waals surface area contributed by atoms with E-state index in [0.29, 0.717) is 18.3 Å². The van der Waals surface area contributed by atoms with E-state index in [4.69, 9.17) is 4.74 Å². The van der Waals surface area contributed by atoms with E-state index in [9.17, 15) is 4.79 Å². The van der Waals surface area contributed by atoms with Gasteiger partial charge in [0.15, 0.2) is 0 Å². The van der Waals surface area contributed by atoms with E-state index in [1.807, 2.05) is 0 Å². The molecule has 4 heteroatoms. The van der Waals surface area contributed by atoms with Crippen molar-refractivity contribution < 1.29 is 9.53 Å². The molecule has 0 rings (SSSR count). The third-order valence-corrected chi connectivity index (χ3v) is 2.18. The van der Waals surface area contributed by atoms with Crippen molar-refractivity contribution in [3.63, 3.8) is 0 Å². The van der Waals surface area contributed by atoms with Crippen molar-refractivity contribution in [2.75, 3.05) is 33.4 Å². The molecule has 0 aromatic heterocycles. The van der Waals surface area contributed by atoms with Crippen LogP contribution in [0.2, 0.25) is 0 Å². The first-order chi connectivity index (χ1) is 7.56. The average Bonchev–Trinajstić information content (AvgIpc) is 2.22. The highest BCUT2D eigenvalue weighted by Gasteiger charge is 2.03. The van der Waals surface area contributed by atoms with Crippen molar-refractivity contribution in [1.82, 2.24) is 10.6 Å². The first kappa shape index (κ1) is 15.4. The van der Waals surface area contributed by atoms with Crippen LogP contribution in [0.5, 0.6) is 0 Å². The molecule has 0 radical (unpaired) electrons. The first-order valence-corrected chi connectivity index (χ1v) is 6.02. The quantitative estimate of drug-likeness (QED) is 0.581. The fraction of sp³-hybridized carbons (Fsp3) is 0.917. The highest BCUT2D eigenvalue weighted by atomic mass is 16.5. The number of ether oxygens (including phenoxy) is 1. The van der Waals surface area contributed by atoms with Gasteiger partial charge >= 0.3 is 0 Å². The summed E-state index contributed by atoms with van der Waals surface area (Å²) in [6, 6.07) is 0. The molecule has 1 atom stereocenters. The van der Waals surface area contributed by atoms with Crippen molar-refractivity contribution >= 4 is 5.91 Å². The number of rotatable bonds is 9. The van der Waals surface area contributed by atoms with Crippen LogP contribution in [-0.4, -0.2) is 39.3 Å².